The van der Waals surface area contributed by atoms with E-state index in [1.54, 1.807) is 0 Å². The Morgan fingerprint density at radius 1 is 0.0612 bits per heavy atom. The third kappa shape index (κ3) is 378. The second kappa shape index (κ2) is 387. The van der Waals surface area contributed by atoms with Gasteiger partial charge in [-0.3, -0.25) is 0 Å². The molecule has 0 fully saturated rings. The van der Waals surface area contributed by atoms with Crippen LogP contribution in [-0.4, -0.2) is 0 Å². The van der Waals surface area contributed by atoms with Crippen molar-refractivity contribution in [2.75, 3.05) is 0 Å². The molecule has 0 heterocycles. The van der Waals surface area contributed by atoms with Crippen LogP contribution in [0.5, 0.6) is 0 Å². The first-order valence-corrected chi connectivity index (χ1v) is 0. The molecular weight excluding hydrogens is 1190 g/mol. The zero-order valence-corrected chi connectivity index (χ0v) is 138. The van der Waals surface area contributed by atoms with Crippen LogP contribution in [0.4, 0.5) is 0 Å². The molecule has 0 N–H and O–H groups in total. The maximum Gasteiger partial charge on any atom is 1.00 e. The molecule has 0 amide bonds. The van der Waals surface area contributed by atoms with Gasteiger partial charge in [-0.15, -0.1) is 62.0 Å². The first kappa shape index (κ1) is 399. The monoisotopic (exact) mass is 1240 g/mol. The van der Waals surface area contributed by atoms with Crippen LogP contribution in [0.2, 0.25) is 0 Å². The van der Waals surface area contributed by atoms with E-state index in [2.05, 4.69) is 0 Å². The van der Waals surface area contributed by atoms with Gasteiger partial charge in [0.25, 0.3) is 0 Å². The molecule has 49 heteroatoms. The molecule has 0 aromatic heterocycles. The molecule has 0 nitrogen and oxygen atoms in total. The molecular formula is H49Cl5Na44. The van der Waals surface area contributed by atoms with Crippen LogP contribution in [0.1, 0.15) is 62.8 Å². The summed E-state index contributed by atoms with van der Waals surface area (Å²) >= 11 is 0. The zero-order chi connectivity index (χ0) is 0. The van der Waals surface area contributed by atoms with Gasteiger partial charge in [-0.1, -0.05) is 0 Å². The average molecular weight is 1240 g/mol. The third-order valence-corrected chi connectivity index (χ3v) is 0. The van der Waals surface area contributed by atoms with Crippen molar-refractivity contribution in [2.45, 2.75) is 0 Å². The van der Waals surface area contributed by atoms with Gasteiger partial charge in [-0.05, 0) is 0 Å². The minimum atomic E-state index is 0. The van der Waals surface area contributed by atoms with Gasteiger partial charge in [0.05, 0.1) is 0 Å². The average Bonchev–Trinajstić information content (AvgIpc) is 0. The molecule has 0 saturated carbocycles. The largest absolute Gasteiger partial charge is 1.00 e. The molecule has 0 aromatic rings. The van der Waals surface area contributed by atoms with Crippen LogP contribution in [0.25, 0.3) is 0 Å². The first-order chi connectivity index (χ1) is 0. The van der Waals surface area contributed by atoms with Crippen molar-refractivity contribution in [3.05, 3.63) is 0 Å². The van der Waals surface area contributed by atoms with E-state index < -0.39 is 0 Å². The van der Waals surface area contributed by atoms with E-state index in [1.165, 1.54) is 0 Å². The van der Waals surface area contributed by atoms with E-state index in [9.17, 15) is 0 Å². The smallest absolute Gasteiger partial charge is 1.00 e. The summed E-state index contributed by atoms with van der Waals surface area (Å²) in [7, 11) is 0. The maximum atomic E-state index is 0. The van der Waals surface area contributed by atoms with Crippen LogP contribution in [0, 0.1) is 0 Å². The van der Waals surface area contributed by atoms with Gasteiger partial charge in [0.15, 0.2) is 0 Å². The predicted molar refractivity (Wildman–Crippen MR) is 85.2 cm³/mol. The summed E-state index contributed by atoms with van der Waals surface area (Å²) in [6.07, 6.45) is 0. The second-order valence-corrected chi connectivity index (χ2v) is 0. The molecule has 128 valence electrons. The van der Waals surface area contributed by atoms with E-state index in [4.69, 9.17) is 0 Å². The third-order valence-electron chi connectivity index (χ3n) is 0. The Bertz CT molecular complexity index is 116. The Kier molecular flexibility index (Phi) is 3150. The van der Waals surface area contributed by atoms with E-state index >= 15 is 0 Å². The van der Waals surface area contributed by atoms with E-state index in [0.29, 0.717) is 0 Å². The van der Waals surface area contributed by atoms with Gasteiger partial charge in [-0.2, -0.15) is 0 Å². The first-order valence-electron chi connectivity index (χ1n) is 0. The summed E-state index contributed by atoms with van der Waals surface area (Å²) in [5.41, 5.74) is 0. The molecule has 0 bridgehead atoms. The van der Waals surface area contributed by atoms with Crippen molar-refractivity contribution in [1.29, 1.82) is 0 Å². The molecule has 0 aliphatic carbocycles. The molecule has 0 spiro atoms. The fraction of sp³-hybridized carbons (Fsp3) is 0. The summed E-state index contributed by atoms with van der Waals surface area (Å²) in [4.78, 5) is 0. The van der Waals surface area contributed by atoms with Crippen LogP contribution in [-0.2, 0) is 0 Å². The molecule has 0 saturated heterocycles. The van der Waals surface area contributed by atoms with E-state index in [-0.39, 0.29) is 1430 Å². The molecule has 0 aliphatic rings. The minimum Gasteiger partial charge on any atom is -1.00 e. The minimum absolute atomic E-state index is 0. The van der Waals surface area contributed by atoms with Crippen molar-refractivity contribution in [3.8, 4) is 0 Å². The summed E-state index contributed by atoms with van der Waals surface area (Å²) in [5, 5.41) is 0. The fourth-order valence-corrected chi connectivity index (χ4v) is 0. The van der Waals surface area contributed by atoms with Gasteiger partial charge >= 0.3 is 1300 Å². The SMILES string of the molecule is Cl.Cl.Cl.Cl.Cl.[H-].[H-].[H-].[H-].[H-].[H-].[H-].[H-].[H-].[H-].[H-].[H-].[H-].[H-].[H-].[H-].[H-].[H-].[H-].[H-].[H-].[H-].[H-].[H-].[H-].[H-].[H-].[H-].[H-].[H-].[H-].[H-].[H-].[H-].[H-].[H-].[H-].[H-].[H-].[H-].[H-].[H-].[H-].[H-].[Na+].[Na+].[Na+].[Na+].[Na+].[Na+].[Na+].[Na+].[Na+].[Na+].[Na+].[Na+].[Na+].[Na+].[Na+].[Na+].[Na+].[Na+].[Na+].[Na+].[Na+].[Na+].[Na+].[Na+].[Na+].[Na+].[Na+].[Na+].[Na+].[Na+].[Na+].[Na+].[Na+].[Na+].[Na+].[Na+].[Na+].[Na+].[Na+].[Na+].[Na+].[Na+].[Na+].[Na+]. The number of hydrogen-bond donors (Lipinski definition) is 0. The number of halogens is 5. The Morgan fingerprint density at radius 2 is 0.0612 bits per heavy atom. The topological polar surface area (TPSA) is 0 Å². The van der Waals surface area contributed by atoms with Crippen LogP contribution < -0.4 is 1300 Å². The fourth-order valence-electron chi connectivity index (χ4n) is 0. The predicted octanol–water partition coefficient (Wildman–Crippen LogP) is -125. The summed E-state index contributed by atoms with van der Waals surface area (Å²) in [5.74, 6) is 0. The Balaban J connectivity index is 0. The quantitative estimate of drug-likeness (QED) is 0.212. The number of rotatable bonds is 0. The summed E-state index contributed by atoms with van der Waals surface area (Å²) in [6.45, 7) is 0. The molecule has 0 atom stereocenters. The standard InChI is InChI=1S/5ClH.44Na.44H/h5*1H;;;;;;;;;;;;;;;;;;;;;;;;;;;;;;;;;;;;;;;;;;;;;;;;;;;;;;;;;;;;;;;;;;;;;;;;;;;;;;;;;;;;;;;;/q;;;;;44*+1;44*-1. The van der Waals surface area contributed by atoms with Crippen molar-refractivity contribution in [2.24, 2.45) is 0 Å². The summed E-state index contributed by atoms with van der Waals surface area (Å²) in [6, 6.07) is 0. The zero-order valence-electron chi connectivity index (χ0n) is 90.0. The molecule has 0 rings (SSSR count). The molecule has 0 radical (unpaired) electrons. The number of hydrogen-bond acceptors (Lipinski definition) is 0. The van der Waals surface area contributed by atoms with Gasteiger partial charge < -0.3 is 62.8 Å². The van der Waals surface area contributed by atoms with Gasteiger partial charge in [-0.25, -0.2) is 0 Å². The molecule has 49 heavy (non-hydrogen) atoms. The normalized spacial score (nSPS) is 0. The summed E-state index contributed by atoms with van der Waals surface area (Å²) < 4.78 is 0. The van der Waals surface area contributed by atoms with Crippen molar-refractivity contribution >= 4 is 62.0 Å². The van der Waals surface area contributed by atoms with Gasteiger partial charge in [0, 0.05) is 0 Å². The second-order valence-electron chi connectivity index (χ2n) is 0. The molecule has 0 unspecified atom stereocenters. The van der Waals surface area contributed by atoms with Crippen molar-refractivity contribution < 1.29 is 1360 Å². The van der Waals surface area contributed by atoms with E-state index in [0.717, 1.165) is 0 Å². The Labute approximate surface area is 1380 Å². The van der Waals surface area contributed by atoms with E-state index in [1.807, 2.05) is 0 Å². The molecule has 0 aliphatic heterocycles. The van der Waals surface area contributed by atoms with Crippen LogP contribution >= 0.6 is 62.0 Å². The van der Waals surface area contributed by atoms with Gasteiger partial charge in [0.2, 0.25) is 0 Å². The maximum absolute atomic E-state index is 0. The van der Waals surface area contributed by atoms with Crippen LogP contribution in [0.3, 0.4) is 0 Å². The van der Waals surface area contributed by atoms with Crippen molar-refractivity contribution in [3.63, 3.8) is 0 Å². The Morgan fingerprint density at radius 3 is 0.0612 bits per heavy atom. The van der Waals surface area contributed by atoms with Crippen LogP contribution in [0.15, 0.2) is 0 Å². The van der Waals surface area contributed by atoms with Crippen molar-refractivity contribution in [1.82, 2.24) is 0 Å². The van der Waals surface area contributed by atoms with Gasteiger partial charge in [0.1, 0.15) is 0 Å². The Hall–Kier alpha value is 45.5. The molecule has 0 aromatic carbocycles.